The molecule has 0 spiro atoms. The summed E-state index contributed by atoms with van der Waals surface area (Å²) in [6.07, 6.45) is 0. The third-order valence-corrected chi connectivity index (χ3v) is 5.22. The van der Waals surface area contributed by atoms with Gasteiger partial charge in [0, 0.05) is 24.4 Å². The monoisotopic (exact) mass is 265 g/mol. The first-order valence-corrected chi connectivity index (χ1v) is 6.09. The van der Waals surface area contributed by atoms with Crippen molar-refractivity contribution in [3.63, 3.8) is 0 Å². The molecule has 1 heterocycles. The summed E-state index contributed by atoms with van der Waals surface area (Å²) < 4.78 is 0.851. The third-order valence-electron chi connectivity index (χ3n) is 1.52. The minimum Gasteiger partial charge on any atom is -0.235 e. The van der Waals surface area contributed by atoms with Gasteiger partial charge in [-0.15, -0.1) is 34.2 Å². The molecular formula is C7H7NS3Zn. The van der Waals surface area contributed by atoms with Crippen LogP contribution < -0.4 is 0 Å². The van der Waals surface area contributed by atoms with E-state index in [1.165, 1.54) is 4.90 Å². The Morgan fingerprint density at radius 2 is 1.92 bits per heavy atom. The second-order valence-corrected chi connectivity index (χ2v) is 5.72. The van der Waals surface area contributed by atoms with E-state index in [1.807, 2.05) is 18.2 Å². The molecule has 1 aliphatic rings. The Hall–Kier alpha value is 0.563. The molecule has 12 heavy (non-hydrogen) atoms. The van der Waals surface area contributed by atoms with Gasteiger partial charge in [0.15, 0.2) is 0 Å². The predicted molar refractivity (Wildman–Crippen MR) is 58.8 cm³/mol. The topological polar surface area (TPSA) is 12.4 Å². The maximum atomic E-state index is 4.42. The summed E-state index contributed by atoms with van der Waals surface area (Å²) in [6, 6.07) is 8.03. The van der Waals surface area contributed by atoms with E-state index in [9.17, 15) is 0 Å². The number of fused-ring (bicyclic) bond motifs is 1. The van der Waals surface area contributed by atoms with Gasteiger partial charge in [-0.05, 0) is 12.1 Å². The van der Waals surface area contributed by atoms with E-state index >= 15 is 0 Å². The summed E-state index contributed by atoms with van der Waals surface area (Å²) in [6.45, 7) is 0. The normalized spacial score (nSPS) is 22.5. The van der Waals surface area contributed by atoms with Crippen LogP contribution in [0.15, 0.2) is 34.2 Å². The zero-order valence-corrected chi connectivity index (χ0v) is 12.0. The number of hydrogen-bond donors (Lipinski definition) is 3. The van der Waals surface area contributed by atoms with Crippen LogP contribution in [0.1, 0.15) is 0 Å². The summed E-state index contributed by atoms with van der Waals surface area (Å²) in [4.78, 5) is 5.48. The molecule has 0 amide bonds. The molecule has 1 aromatic carbocycles. The van der Waals surface area contributed by atoms with Crippen molar-refractivity contribution in [2.75, 3.05) is 0 Å². The summed E-state index contributed by atoms with van der Waals surface area (Å²) in [7, 11) is -0.533. The van der Waals surface area contributed by atoms with Crippen molar-refractivity contribution >= 4 is 44.3 Å². The van der Waals surface area contributed by atoms with Crippen molar-refractivity contribution in [1.29, 1.82) is 0 Å². The van der Waals surface area contributed by atoms with Gasteiger partial charge in [-0.2, -0.15) is 0 Å². The fraction of sp³-hybridized carbons (Fsp3) is 0. The zero-order chi connectivity index (χ0) is 7.84. The molecule has 0 aliphatic carbocycles. The largest absolute Gasteiger partial charge is 0.235 e. The van der Waals surface area contributed by atoms with Gasteiger partial charge in [0.1, 0.15) is 4.38 Å². The average molecular weight is 267 g/mol. The molecule has 5 heteroatoms. The van der Waals surface area contributed by atoms with Gasteiger partial charge in [0.25, 0.3) is 0 Å². The van der Waals surface area contributed by atoms with Crippen molar-refractivity contribution in [2.45, 2.75) is 4.90 Å². The van der Waals surface area contributed by atoms with Crippen LogP contribution in [-0.4, -0.2) is 4.38 Å². The van der Waals surface area contributed by atoms with Crippen LogP contribution in [-0.2, 0) is 19.5 Å². The summed E-state index contributed by atoms with van der Waals surface area (Å²) in [5, 5.41) is 0. The predicted octanol–water partition coefficient (Wildman–Crippen LogP) is 2.82. The van der Waals surface area contributed by atoms with Crippen molar-refractivity contribution in [1.82, 2.24) is 0 Å². The Kier molecular flexibility index (Phi) is 3.71. The molecule has 0 radical (unpaired) electrons. The fourth-order valence-corrected chi connectivity index (χ4v) is 3.06. The molecule has 1 atom stereocenters. The Morgan fingerprint density at radius 1 is 1.25 bits per heavy atom. The third kappa shape index (κ3) is 1.74. The minimum absolute atomic E-state index is 0. The van der Waals surface area contributed by atoms with E-state index in [1.54, 1.807) is 0 Å². The molecule has 2 rings (SSSR count). The molecule has 0 N–H and O–H groups in total. The van der Waals surface area contributed by atoms with Crippen molar-refractivity contribution in [3.05, 3.63) is 24.3 Å². The van der Waals surface area contributed by atoms with Gasteiger partial charge >= 0.3 is 0 Å². The number of para-hydroxylation sites is 1. The first kappa shape index (κ1) is 10.6. The van der Waals surface area contributed by atoms with Gasteiger partial charge in [-0.1, -0.05) is 12.1 Å². The Labute approximate surface area is 97.4 Å². The maximum Gasteiger partial charge on any atom is 0.120 e. The van der Waals surface area contributed by atoms with Crippen LogP contribution in [0.5, 0.6) is 0 Å². The molecule has 0 bridgehead atoms. The second kappa shape index (κ2) is 4.18. The summed E-state index contributed by atoms with van der Waals surface area (Å²) >= 11 is 8.66. The van der Waals surface area contributed by atoms with E-state index in [0.717, 1.165) is 10.1 Å². The molecule has 60 valence electrons. The first-order valence-electron chi connectivity index (χ1n) is 3.15. The van der Waals surface area contributed by atoms with Crippen molar-refractivity contribution in [3.8, 4) is 0 Å². The van der Waals surface area contributed by atoms with Gasteiger partial charge in [-0.3, -0.25) is 0 Å². The number of benzene rings is 1. The molecule has 0 fully saturated rings. The first-order chi connectivity index (χ1) is 5.29. The van der Waals surface area contributed by atoms with E-state index < -0.39 is 9.93 Å². The maximum absolute atomic E-state index is 4.42. The van der Waals surface area contributed by atoms with Crippen LogP contribution in [0.2, 0.25) is 0 Å². The fourth-order valence-electron chi connectivity index (χ4n) is 1.00. The van der Waals surface area contributed by atoms with Gasteiger partial charge in [0.2, 0.25) is 0 Å². The number of thiol groups is 3. The summed E-state index contributed by atoms with van der Waals surface area (Å²) in [5.41, 5.74) is 1.03. The molecule has 1 nitrogen and oxygen atoms in total. The van der Waals surface area contributed by atoms with Gasteiger partial charge in [-0.25, -0.2) is 4.99 Å². The molecule has 1 unspecified atom stereocenters. The number of hydrogen-bond acceptors (Lipinski definition) is 2. The molecule has 0 saturated heterocycles. The summed E-state index contributed by atoms with van der Waals surface area (Å²) in [5.74, 6) is 0. The van der Waals surface area contributed by atoms with E-state index in [0.29, 0.717) is 0 Å². The number of nitrogens with zero attached hydrogens (tertiary/aromatic N) is 1. The van der Waals surface area contributed by atoms with Crippen LogP contribution >= 0.6 is 34.2 Å². The zero-order valence-electron chi connectivity index (χ0n) is 6.31. The second-order valence-electron chi connectivity index (χ2n) is 2.21. The van der Waals surface area contributed by atoms with Crippen LogP contribution in [0, 0.1) is 0 Å². The van der Waals surface area contributed by atoms with Crippen LogP contribution in [0.4, 0.5) is 5.69 Å². The Morgan fingerprint density at radius 3 is 2.58 bits per heavy atom. The average Bonchev–Trinajstić information content (AvgIpc) is 2.30. The molecule has 1 aliphatic heterocycles. The van der Waals surface area contributed by atoms with Crippen molar-refractivity contribution < 1.29 is 19.5 Å². The van der Waals surface area contributed by atoms with Gasteiger partial charge in [0.05, 0.1) is 5.69 Å². The van der Waals surface area contributed by atoms with Crippen LogP contribution in [0.3, 0.4) is 0 Å². The molecular weight excluding hydrogens is 260 g/mol. The molecule has 0 aromatic heterocycles. The van der Waals surface area contributed by atoms with Crippen molar-refractivity contribution in [2.24, 2.45) is 4.99 Å². The quantitative estimate of drug-likeness (QED) is 0.276. The molecule has 0 saturated carbocycles. The van der Waals surface area contributed by atoms with E-state index in [-0.39, 0.29) is 19.5 Å². The molecule has 1 aromatic rings. The number of aliphatic imine (C=N–C) groups is 1. The smallest absolute Gasteiger partial charge is 0.120 e. The number of rotatable bonds is 0. The Bertz CT molecular complexity index is 326. The minimum atomic E-state index is -0.533. The van der Waals surface area contributed by atoms with E-state index in [4.69, 9.17) is 0 Å². The van der Waals surface area contributed by atoms with Gasteiger partial charge < -0.3 is 0 Å². The standard InChI is InChI=1S/C7H7NS3.Zn/c9-7-8-5-3-1-2-4-6(5)11(7)10;/h1-4,10-11H,(H,8,9);. The van der Waals surface area contributed by atoms with E-state index in [2.05, 4.69) is 35.3 Å². The Balaban J connectivity index is 0.000000720. The SMILES string of the molecule is SC1=Nc2ccccc2[SH]1S.[Zn]. The van der Waals surface area contributed by atoms with Crippen LogP contribution in [0.25, 0.3) is 0 Å².